The van der Waals surface area contributed by atoms with Crippen molar-refractivity contribution >= 4 is 22.6 Å². The largest absolute Gasteiger partial charge is 0.508 e. The number of carboxylic acid groups (broad SMARTS) is 1. The SMILES string of the molecule is CC(Nc1c(C#N)c(-c2ccc(-c3cc(O)ccc3O)cc2)nc2ccc(F)cc12)C(=O)O. The molecule has 0 spiro atoms. The summed E-state index contributed by atoms with van der Waals surface area (Å²) in [6.07, 6.45) is 0. The van der Waals surface area contributed by atoms with Crippen molar-refractivity contribution < 1.29 is 24.5 Å². The average Bonchev–Trinajstić information content (AvgIpc) is 2.80. The zero-order valence-corrected chi connectivity index (χ0v) is 17.4. The maximum atomic E-state index is 13.9. The Kier molecular flexibility index (Phi) is 5.54. The maximum absolute atomic E-state index is 13.9. The third-order valence-corrected chi connectivity index (χ3v) is 5.24. The predicted octanol–water partition coefficient (Wildman–Crippen LogP) is 4.88. The van der Waals surface area contributed by atoms with Crippen LogP contribution in [0, 0.1) is 17.1 Å². The molecule has 0 amide bonds. The lowest BCUT2D eigenvalue weighted by Crippen LogP contribution is -2.26. The average molecular weight is 443 g/mol. The monoisotopic (exact) mass is 443 g/mol. The number of nitriles is 1. The number of aromatic hydroxyl groups is 2. The summed E-state index contributed by atoms with van der Waals surface area (Å²) in [6, 6.07) is 15.9. The van der Waals surface area contributed by atoms with Crippen molar-refractivity contribution in [3.8, 4) is 40.0 Å². The molecule has 0 aliphatic heterocycles. The first kappa shape index (κ1) is 21.6. The molecule has 7 nitrogen and oxygen atoms in total. The van der Waals surface area contributed by atoms with Crippen LogP contribution in [0.4, 0.5) is 10.1 Å². The number of halogens is 1. The third kappa shape index (κ3) is 4.12. The summed E-state index contributed by atoms with van der Waals surface area (Å²) in [6.45, 7) is 1.42. The molecule has 4 rings (SSSR count). The van der Waals surface area contributed by atoms with Crippen molar-refractivity contribution in [3.05, 3.63) is 72.0 Å². The first-order chi connectivity index (χ1) is 15.8. The summed E-state index contributed by atoms with van der Waals surface area (Å²) in [4.78, 5) is 15.9. The number of phenolic OH excluding ortho intramolecular Hbond substituents is 2. The second-order valence-electron chi connectivity index (χ2n) is 7.47. The second kappa shape index (κ2) is 8.48. The van der Waals surface area contributed by atoms with E-state index in [9.17, 15) is 29.8 Å². The van der Waals surface area contributed by atoms with Gasteiger partial charge in [0.05, 0.1) is 16.9 Å². The van der Waals surface area contributed by atoms with Crippen LogP contribution in [0.3, 0.4) is 0 Å². The van der Waals surface area contributed by atoms with Crippen molar-refractivity contribution in [3.63, 3.8) is 0 Å². The van der Waals surface area contributed by atoms with Crippen molar-refractivity contribution in [2.75, 3.05) is 5.32 Å². The zero-order chi connectivity index (χ0) is 23.7. The van der Waals surface area contributed by atoms with Crippen molar-refractivity contribution in [2.45, 2.75) is 13.0 Å². The van der Waals surface area contributed by atoms with E-state index in [0.29, 0.717) is 33.3 Å². The number of phenols is 2. The summed E-state index contributed by atoms with van der Waals surface area (Å²) >= 11 is 0. The quantitative estimate of drug-likeness (QED) is 0.324. The van der Waals surface area contributed by atoms with E-state index in [1.165, 1.54) is 43.3 Å². The third-order valence-electron chi connectivity index (χ3n) is 5.24. The number of carboxylic acids is 1. The van der Waals surface area contributed by atoms with Gasteiger partial charge in [-0.3, -0.25) is 4.79 Å². The van der Waals surface area contributed by atoms with Crippen LogP contribution in [0.5, 0.6) is 11.5 Å². The van der Waals surface area contributed by atoms with Crippen molar-refractivity contribution in [1.29, 1.82) is 5.26 Å². The van der Waals surface area contributed by atoms with Gasteiger partial charge in [-0.1, -0.05) is 24.3 Å². The van der Waals surface area contributed by atoms with Gasteiger partial charge in [-0.25, -0.2) is 9.37 Å². The van der Waals surface area contributed by atoms with E-state index >= 15 is 0 Å². The van der Waals surface area contributed by atoms with Crippen molar-refractivity contribution in [1.82, 2.24) is 4.98 Å². The molecule has 164 valence electrons. The summed E-state index contributed by atoms with van der Waals surface area (Å²) < 4.78 is 13.9. The van der Waals surface area contributed by atoms with E-state index < -0.39 is 17.8 Å². The molecule has 0 saturated carbocycles. The van der Waals surface area contributed by atoms with Crippen LogP contribution in [-0.4, -0.2) is 32.3 Å². The number of carbonyl (C=O) groups is 1. The molecule has 0 fully saturated rings. The van der Waals surface area contributed by atoms with Crippen LogP contribution in [0.15, 0.2) is 60.7 Å². The van der Waals surface area contributed by atoms with E-state index in [1.54, 1.807) is 24.3 Å². The lowest BCUT2D eigenvalue weighted by atomic mass is 9.98. The highest BCUT2D eigenvalue weighted by molar-refractivity contribution is 5.99. The molecule has 3 aromatic carbocycles. The van der Waals surface area contributed by atoms with Gasteiger partial charge >= 0.3 is 5.97 Å². The maximum Gasteiger partial charge on any atom is 0.325 e. The Morgan fingerprint density at radius 2 is 1.76 bits per heavy atom. The summed E-state index contributed by atoms with van der Waals surface area (Å²) in [5.41, 5.74) is 2.57. The molecular weight excluding hydrogens is 425 g/mol. The summed E-state index contributed by atoms with van der Waals surface area (Å²) in [5, 5.41) is 42.2. The highest BCUT2D eigenvalue weighted by atomic mass is 19.1. The standard InChI is InChI=1S/C25H18FN3O4/c1-13(25(32)33)28-24-19-10-16(26)6-8-21(19)29-23(20(24)12-27)15-4-2-14(3-5-15)18-11-17(30)7-9-22(18)31/h2-11,13,30-31H,1H3,(H,28,29)(H,32,33). The molecule has 1 unspecified atom stereocenters. The van der Waals surface area contributed by atoms with Crippen LogP contribution in [-0.2, 0) is 4.79 Å². The fourth-order valence-electron chi connectivity index (χ4n) is 3.54. The van der Waals surface area contributed by atoms with Gasteiger partial charge < -0.3 is 20.6 Å². The minimum atomic E-state index is -1.13. The van der Waals surface area contributed by atoms with E-state index in [0.717, 1.165) is 0 Å². The van der Waals surface area contributed by atoms with Gasteiger partial charge in [-0.15, -0.1) is 0 Å². The highest BCUT2D eigenvalue weighted by Gasteiger charge is 2.21. The van der Waals surface area contributed by atoms with Crippen LogP contribution in [0.2, 0.25) is 0 Å². The fourth-order valence-corrected chi connectivity index (χ4v) is 3.54. The smallest absolute Gasteiger partial charge is 0.325 e. The highest BCUT2D eigenvalue weighted by Crippen LogP contribution is 2.37. The molecule has 4 N–H and O–H groups in total. The van der Waals surface area contributed by atoms with Crippen LogP contribution < -0.4 is 5.32 Å². The number of aromatic nitrogens is 1. The van der Waals surface area contributed by atoms with Gasteiger partial charge in [0.15, 0.2) is 0 Å². The minimum Gasteiger partial charge on any atom is -0.508 e. The molecule has 1 atom stereocenters. The van der Waals surface area contributed by atoms with Gasteiger partial charge in [0.2, 0.25) is 0 Å². The Morgan fingerprint density at radius 3 is 2.42 bits per heavy atom. The van der Waals surface area contributed by atoms with E-state index in [1.807, 2.05) is 0 Å². The number of nitrogens with one attached hydrogen (secondary N) is 1. The van der Waals surface area contributed by atoms with Crippen LogP contribution in [0.1, 0.15) is 12.5 Å². The molecule has 0 aliphatic carbocycles. The van der Waals surface area contributed by atoms with Gasteiger partial charge in [0.25, 0.3) is 0 Å². The fraction of sp³-hybridized carbons (Fsp3) is 0.0800. The topological polar surface area (TPSA) is 126 Å². The number of benzene rings is 3. The van der Waals surface area contributed by atoms with Crippen molar-refractivity contribution in [2.24, 2.45) is 0 Å². The Balaban J connectivity index is 1.89. The lowest BCUT2D eigenvalue weighted by molar-refractivity contribution is -0.137. The van der Waals surface area contributed by atoms with E-state index in [-0.39, 0.29) is 22.7 Å². The molecule has 0 radical (unpaired) electrons. The van der Waals surface area contributed by atoms with Crippen LogP contribution in [0.25, 0.3) is 33.3 Å². The van der Waals surface area contributed by atoms with Gasteiger partial charge in [-0.2, -0.15) is 5.26 Å². The first-order valence-corrected chi connectivity index (χ1v) is 9.94. The number of hydrogen-bond donors (Lipinski definition) is 4. The van der Waals surface area contributed by atoms with Gasteiger partial charge in [0.1, 0.15) is 35.0 Å². The number of pyridine rings is 1. The molecular formula is C25H18FN3O4. The van der Waals surface area contributed by atoms with Gasteiger partial charge in [0, 0.05) is 16.5 Å². The summed E-state index contributed by atoms with van der Waals surface area (Å²) in [5.74, 6) is -1.66. The number of hydrogen-bond acceptors (Lipinski definition) is 6. The molecule has 33 heavy (non-hydrogen) atoms. The summed E-state index contributed by atoms with van der Waals surface area (Å²) in [7, 11) is 0. The Morgan fingerprint density at radius 1 is 1.06 bits per heavy atom. The molecule has 0 saturated heterocycles. The Labute approximate surface area is 188 Å². The van der Waals surface area contributed by atoms with Gasteiger partial charge in [-0.05, 0) is 48.9 Å². The van der Waals surface area contributed by atoms with E-state index in [4.69, 9.17) is 0 Å². The number of nitrogens with zero attached hydrogens (tertiary/aromatic N) is 2. The minimum absolute atomic E-state index is 0.00161. The predicted molar refractivity (Wildman–Crippen MR) is 121 cm³/mol. The molecule has 1 heterocycles. The lowest BCUT2D eigenvalue weighted by Gasteiger charge is -2.17. The number of rotatable bonds is 5. The normalized spacial score (nSPS) is 11.7. The zero-order valence-electron chi connectivity index (χ0n) is 17.4. The molecule has 1 aromatic heterocycles. The Bertz CT molecular complexity index is 1430. The number of anilines is 1. The molecule has 0 bridgehead atoms. The molecule has 8 heteroatoms. The molecule has 0 aliphatic rings. The number of aliphatic carboxylic acids is 1. The first-order valence-electron chi connectivity index (χ1n) is 9.94. The second-order valence-corrected chi connectivity index (χ2v) is 7.47. The van der Waals surface area contributed by atoms with Crippen LogP contribution >= 0.6 is 0 Å². The molecule has 4 aromatic rings. The number of fused-ring (bicyclic) bond motifs is 1. The Hall–Kier alpha value is -4.64. The van der Waals surface area contributed by atoms with E-state index in [2.05, 4.69) is 16.4 Å².